The van der Waals surface area contributed by atoms with E-state index >= 15 is 0 Å². The molecule has 2 nitrogen and oxygen atoms in total. The average molecular weight is 115 g/mol. The Morgan fingerprint density at radius 2 is 2.50 bits per heavy atom. The minimum Gasteiger partial charge on any atom is -0.465 e. The van der Waals surface area contributed by atoms with Gasteiger partial charge in [-0.25, -0.2) is 4.39 Å². The van der Waals surface area contributed by atoms with Crippen LogP contribution in [0.4, 0.5) is 4.39 Å². The number of halogens is 1. The van der Waals surface area contributed by atoms with Crippen molar-refractivity contribution < 1.29 is 8.81 Å². The zero-order chi connectivity index (χ0) is 5.98. The van der Waals surface area contributed by atoms with Gasteiger partial charge in [-0.15, -0.1) is 0 Å². The second-order valence-electron chi connectivity index (χ2n) is 1.40. The topological polar surface area (TPSA) is 39.2 Å². The van der Waals surface area contributed by atoms with Crippen LogP contribution in [0.1, 0.15) is 5.76 Å². The second kappa shape index (κ2) is 1.96. The molecule has 0 unspecified atom stereocenters. The molecular weight excluding hydrogens is 109 g/mol. The summed E-state index contributed by atoms with van der Waals surface area (Å²) in [5.41, 5.74) is 5.06. The Morgan fingerprint density at radius 1 is 1.75 bits per heavy atom. The van der Waals surface area contributed by atoms with Gasteiger partial charge in [0.25, 0.3) is 0 Å². The van der Waals surface area contributed by atoms with E-state index in [1.165, 1.54) is 12.3 Å². The predicted octanol–water partition coefficient (Wildman–Crippen LogP) is 0.877. The summed E-state index contributed by atoms with van der Waals surface area (Å²) in [6.07, 6.45) is 1.28. The summed E-state index contributed by atoms with van der Waals surface area (Å²) in [6, 6.07) is 1.24. The summed E-state index contributed by atoms with van der Waals surface area (Å²) in [5, 5.41) is 0. The molecule has 0 aliphatic heterocycles. The molecule has 0 amide bonds. The van der Waals surface area contributed by atoms with Crippen molar-refractivity contribution in [3.63, 3.8) is 0 Å². The third kappa shape index (κ3) is 0.721. The van der Waals surface area contributed by atoms with E-state index in [2.05, 4.69) is 4.42 Å². The highest BCUT2D eigenvalue weighted by Crippen LogP contribution is 2.05. The monoisotopic (exact) mass is 115 g/mol. The summed E-state index contributed by atoms with van der Waals surface area (Å²) >= 11 is 0. The van der Waals surface area contributed by atoms with Gasteiger partial charge in [0.1, 0.15) is 0 Å². The van der Waals surface area contributed by atoms with E-state index in [4.69, 9.17) is 5.73 Å². The molecule has 0 saturated carbocycles. The van der Waals surface area contributed by atoms with Crippen molar-refractivity contribution in [2.75, 3.05) is 0 Å². The lowest BCUT2D eigenvalue weighted by molar-refractivity contribution is 0.476. The van der Waals surface area contributed by atoms with Crippen LogP contribution >= 0.6 is 0 Å². The van der Waals surface area contributed by atoms with Crippen LogP contribution in [0.15, 0.2) is 16.7 Å². The molecule has 44 valence electrons. The van der Waals surface area contributed by atoms with E-state index in [1.54, 1.807) is 0 Å². The number of hydrogen-bond acceptors (Lipinski definition) is 2. The van der Waals surface area contributed by atoms with Crippen molar-refractivity contribution in [1.29, 1.82) is 0 Å². The first-order valence-electron chi connectivity index (χ1n) is 2.26. The van der Waals surface area contributed by atoms with Crippen LogP contribution in [0.5, 0.6) is 0 Å². The third-order valence-electron chi connectivity index (χ3n) is 0.876. The lowest BCUT2D eigenvalue weighted by atomic mass is 10.4. The first-order chi connectivity index (χ1) is 3.84. The molecule has 0 fully saturated rings. The Hall–Kier alpha value is -0.830. The van der Waals surface area contributed by atoms with Gasteiger partial charge in [0.15, 0.2) is 11.6 Å². The van der Waals surface area contributed by atoms with Gasteiger partial charge in [0.05, 0.1) is 12.8 Å². The predicted molar refractivity (Wildman–Crippen MR) is 26.6 cm³/mol. The van der Waals surface area contributed by atoms with E-state index in [1.807, 2.05) is 0 Å². The van der Waals surface area contributed by atoms with E-state index < -0.39 is 0 Å². The molecule has 1 aromatic rings. The molecule has 0 spiro atoms. The minimum absolute atomic E-state index is 0.124. The van der Waals surface area contributed by atoms with E-state index in [0.717, 1.165) is 0 Å². The molecule has 0 radical (unpaired) electrons. The highest BCUT2D eigenvalue weighted by atomic mass is 19.1. The highest BCUT2D eigenvalue weighted by molar-refractivity contribution is 5.00. The van der Waals surface area contributed by atoms with Crippen LogP contribution < -0.4 is 5.73 Å². The maximum Gasteiger partial charge on any atom is 0.165 e. The maximum absolute atomic E-state index is 12.2. The molecule has 2 N–H and O–H groups in total. The summed E-state index contributed by atoms with van der Waals surface area (Å²) in [7, 11) is 0. The Bertz CT molecular complexity index is 173. The molecule has 0 atom stereocenters. The van der Waals surface area contributed by atoms with E-state index in [0.29, 0.717) is 0 Å². The molecule has 0 saturated heterocycles. The van der Waals surface area contributed by atoms with Crippen molar-refractivity contribution in [3.05, 3.63) is 23.9 Å². The number of furan rings is 1. The number of rotatable bonds is 1. The molecule has 0 aliphatic carbocycles. The molecule has 0 bridgehead atoms. The van der Waals surface area contributed by atoms with Crippen LogP contribution in [0.2, 0.25) is 0 Å². The Morgan fingerprint density at radius 3 is 2.75 bits per heavy atom. The normalized spacial score (nSPS) is 9.75. The van der Waals surface area contributed by atoms with E-state index in [-0.39, 0.29) is 18.1 Å². The molecule has 8 heavy (non-hydrogen) atoms. The van der Waals surface area contributed by atoms with Crippen molar-refractivity contribution in [2.45, 2.75) is 6.54 Å². The first kappa shape index (κ1) is 5.31. The fourth-order valence-corrected chi connectivity index (χ4v) is 0.471. The molecule has 1 rings (SSSR count). The molecule has 3 heteroatoms. The van der Waals surface area contributed by atoms with Gasteiger partial charge in [-0.05, 0) is 0 Å². The largest absolute Gasteiger partial charge is 0.465 e. The van der Waals surface area contributed by atoms with E-state index in [9.17, 15) is 4.39 Å². The Balaban J connectivity index is 2.92. The van der Waals surface area contributed by atoms with Crippen LogP contribution in [0, 0.1) is 5.82 Å². The third-order valence-corrected chi connectivity index (χ3v) is 0.876. The van der Waals surface area contributed by atoms with Crippen molar-refractivity contribution in [2.24, 2.45) is 5.73 Å². The number of hydrogen-bond donors (Lipinski definition) is 1. The van der Waals surface area contributed by atoms with Gasteiger partial charge in [0.2, 0.25) is 0 Å². The Labute approximate surface area is 46.1 Å². The zero-order valence-electron chi connectivity index (χ0n) is 4.23. The van der Waals surface area contributed by atoms with Gasteiger partial charge in [-0.1, -0.05) is 0 Å². The fraction of sp³-hybridized carbons (Fsp3) is 0.200. The number of nitrogens with two attached hydrogens (primary N) is 1. The SMILES string of the molecule is NCc1occc1F. The van der Waals surface area contributed by atoms with Gasteiger partial charge < -0.3 is 10.2 Å². The van der Waals surface area contributed by atoms with Gasteiger partial charge in [-0.2, -0.15) is 0 Å². The highest BCUT2D eigenvalue weighted by Gasteiger charge is 1.99. The summed E-state index contributed by atoms with van der Waals surface area (Å²) in [6.45, 7) is 0.124. The Kier molecular flexibility index (Phi) is 1.30. The molecule has 1 aromatic heterocycles. The quantitative estimate of drug-likeness (QED) is 0.590. The smallest absolute Gasteiger partial charge is 0.165 e. The standard InChI is InChI=1S/C5H6FNO/c6-4-1-2-8-5(4)3-7/h1-2H,3,7H2. The zero-order valence-corrected chi connectivity index (χ0v) is 4.23. The van der Waals surface area contributed by atoms with Crippen molar-refractivity contribution in [3.8, 4) is 0 Å². The first-order valence-corrected chi connectivity index (χ1v) is 2.26. The van der Waals surface area contributed by atoms with Crippen LogP contribution in [0.3, 0.4) is 0 Å². The molecule has 1 heterocycles. The molecular formula is C5H6FNO. The minimum atomic E-state index is -0.368. The van der Waals surface area contributed by atoms with Crippen LogP contribution in [-0.2, 0) is 6.54 Å². The molecule has 0 aliphatic rings. The maximum atomic E-state index is 12.2. The van der Waals surface area contributed by atoms with Gasteiger partial charge in [0, 0.05) is 6.07 Å². The average Bonchev–Trinajstić information content (AvgIpc) is 2.14. The summed E-state index contributed by atoms with van der Waals surface area (Å²) < 4.78 is 16.8. The lowest BCUT2D eigenvalue weighted by Crippen LogP contribution is -1.95. The molecule has 0 aromatic carbocycles. The van der Waals surface area contributed by atoms with Crippen molar-refractivity contribution in [1.82, 2.24) is 0 Å². The van der Waals surface area contributed by atoms with Crippen molar-refractivity contribution >= 4 is 0 Å². The van der Waals surface area contributed by atoms with Gasteiger partial charge >= 0.3 is 0 Å². The van der Waals surface area contributed by atoms with Crippen LogP contribution in [-0.4, -0.2) is 0 Å². The van der Waals surface area contributed by atoms with Gasteiger partial charge in [-0.3, -0.25) is 0 Å². The summed E-state index contributed by atoms with van der Waals surface area (Å²) in [5.74, 6) is -0.155. The summed E-state index contributed by atoms with van der Waals surface area (Å²) in [4.78, 5) is 0. The van der Waals surface area contributed by atoms with Crippen LogP contribution in [0.25, 0.3) is 0 Å². The lowest BCUT2D eigenvalue weighted by Gasteiger charge is -1.84. The second-order valence-corrected chi connectivity index (χ2v) is 1.40. The fourth-order valence-electron chi connectivity index (χ4n) is 0.471.